The Morgan fingerprint density at radius 2 is 2.39 bits per heavy atom. The molecular formula is C10H14N6OS. The predicted molar refractivity (Wildman–Crippen MR) is 66.4 cm³/mol. The molecule has 2 aromatic heterocycles. The topological polar surface area (TPSA) is 85.6 Å². The summed E-state index contributed by atoms with van der Waals surface area (Å²) >= 11 is 1.42. The third-order valence-electron chi connectivity index (χ3n) is 2.36. The van der Waals surface area contributed by atoms with Crippen LogP contribution >= 0.6 is 11.3 Å². The van der Waals surface area contributed by atoms with Gasteiger partial charge in [0.15, 0.2) is 0 Å². The van der Waals surface area contributed by atoms with Crippen molar-refractivity contribution in [3.8, 4) is 0 Å². The fourth-order valence-electron chi connectivity index (χ4n) is 1.53. The number of tetrazole rings is 1. The number of aromatic nitrogens is 5. The van der Waals surface area contributed by atoms with E-state index < -0.39 is 0 Å². The summed E-state index contributed by atoms with van der Waals surface area (Å²) in [5, 5.41) is 14.5. The van der Waals surface area contributed by atoms with Crippen molar-refractivity contribution in [3.63, 3.8) is 0 Å². The fourth-order valence-corrected chi connectivity index (χ4v) is 2.46. The Morgan fingerprint density at radius 1 is 1.56 bits per heavy atom. The third kappa shape index (κ3) is 2.89. The second kappa shape index (κ2) is 5.67. The molecular weight excluding hydrogens is 252 g/mol. The maximum atomic E-state index is 12.0. The molecule has 0 fully saturated rings. The number of carbonyl (C=O) groups excluding carboxylic acids is 1. The van der Waals surface area contributed by atoms with E-state index in [0.717, 1.165) is 17.1 Å². The summed E-state index contributed by atoms with van der Waals surface area (Å²) < 4.78 is 1.57. The van der Waals surface area contributed by atoms with Gasteiger partial charge in [-0.25, -0.2) is 9.67 Å². The molecule has 2 heterocycles. The van der Waals surface area contributed by atoms with Crippen LogP contribution < -0.4 is 5.32 Å². The minimum Gasteiger partial charge on any atom is -0.349 e. The van der Waals surface area contributed by atoms with E-state index in [1.807, 2.05) is 13.8 Å². The lowest BCUT2D eigenvalue weighted by atomic mass is 10.3. The van der Waals surface area contributed by atoms with E-state index in [4.69, 9.17) is 0 Å². The number of nitrogens with zero attached hydrogens (tertiary/aromatic N) is 5. The number of rotatable bonds is 5. The minimum absolute atomic E-state index is 0.0782. The third-order valence-corrected chi connectivity index (χ3v) is 3.38. The van der Waals surface area contributed by atoms with Gasteiger partial charge >= 0.3 is 0 Å². The molecule has 18 heavy (non-hydrogen) atoms. The molecule has 2 aromatic rings. The van der Waals surface area contributed by atoms with Crippen LogP contribution in [0.15, 0.2) is 6.33 Å². The van der Waals surface area contributed by atoms with Crippen LogP contribution in [-0.4, -0.2) is 37.6 Å². The molecule has 7 nitrogen and oxygen atoms in total. The second-order valence-corrected chi connectivity index (χ2v) is 4.89. The molecule has 0 aliphatic rings. The minimum atomic E-state index is -0.0782. The summed E-state index contributed by atoms with van der Waals surface area (Å²) in [5.74, 6) is -0.0782. The lowest BCUT2D eigenvalue weighted by Crippen LogP contribution is -2.27. The van der Waals surface area contributed by atoms with Gasteiger partial charge in [-0.05, 0) is 23.8 Å². The monoisotopic (exact) mass is 266 g/mol. The molecule has 0 atom stereocenters. The van der Waals surface area contributed by atoms with E-state index in [1.165, 1.54) is 17.7 Å². The summed E-state index contributed by atoms with van der Waals surface area (Å²) in [6, 6.07) is 0. The van der Waals surface area contributed by atoms with Crippen molar-refractivity contribution < 1.29 is 4.79 Å². The van der Waals surface area contributed by atoms with Crippen molar-refractivity contribution in [1.29, 1.82) is 0 Å². The Labute approximate surface area is 108 Å². The van der Waals surface area contributed by atoms with Gasteiger partial charge in [0.2, 0.25) is 0 Å². The highest BCUT2D eigenvalue weighted by molar-refractivity contribution is 7.13. The Bertz CT molecular complexity index is 520. The Balaban J connectivity index is 1.91. The van der Waals surface area contributed by atoms with Crippen molar-refractivity contribution in [2.24, 2.45) is 0 Å². The zero-order valence-corrected chi connectivity index (χ0v) is 11.1. The number of thiazole rings is 1. The first kappa shape index (κ1) is 12.6. The molecule has 0 unspecified atom stereocenters. The van der Waals surface area contributed by atoms with Gasteiger partial charge in [0.25, 0.3) is 5.91 Å². The normalized spacial score (nSPS) is 10.6. The number of hydrogen-bond donors (Lipinski definition) is 1. The number of aryl methyl sites for hydroxylation is 2. The van der Waals surface area contributed by atoms with E-state index >= 15 is 0 Å². The first-order valence-corrected chi connectivity index (χ1v) is 6.47. The predicted octanol–water partition coefficient (Wildman–Crippen LogP) is 0.430. The lowest BCUT2D eigenvalue weighted by Gasteiger charge is -2.03. The van der Waals surface area contributed by atoms with Crippen molar-refractivity contribution in [2.45, 2.75) is 26.8 Å². The number of nitrogens with one attached hydrogen (secondary N) is 1. The highest BCUT2D eigenvalue weighted by Gasteiger charge is 2.14. The zero-order chi connectivity index (χ0) is 13.0. The molecule has 0 saturated heterocycles. The molecule has 0 aliphatic heterocycles. The quantitative estimate of drug-likeness (QED) is 0.848. The molecule has 96 valence electrons. The first-order valence-electron chi connectivity index (χ1n) is 5.66. The van der Waals surface area contributed by atoms with Gasteiger partial charge in [0.05, 0.1) is 17.2 Å². The highest BCUT2D eigenvalue weighted by Crippen LogP contribution is 2.18. The van der Waals surface area contributed by atoms with Crippen molar-refractivity contribution in [1.82, 2.24) is 30.5 Å². The van der Waals surface area contributed by atoms with Gasteiger partial charge in [-0.2, -0.15) is 0 Å². The molecule has 0 saturated carbocycles. The van der Waals surface area contributed by atoms with Crippen molar-refractivity contribution >= 4 is 17.2 Å². The summed E-state index contributed by atoms with van der Waals surface area (Å²) in [5.41, 5.74) is 0.859. The molecule has 1 N–H and O–H groups in total. The standard InChI is InChI=1S/C10H14N6OS/c1-3-8-9(18-7(2)13-8)10(17)11-4-5-16-6-12-14-15-16/h6H,3-5H2,1-2H3,(H,11,17). The summed E-state index contributed by atoms with van der Waals surface area (Å²) in [4.78, 5) is 17.0. The Kier molecular flexibility index (Phi) is 3.98. The van der Waals surface area contributed by atoms with Crippen LogP contribution in [0.3, 0.4) is 0 Å². The van der Waals surface area contributed by atoms with E-state index in [1.54, 1.807) is 4.68 Å². The highest BCUT2D eigenvalue weighted by atomic mass is 32.1. The number of carbonyl (C=O) groups is 1. The van der Waals surface area contributed by atoms with Crippen LogP contribution in [0, 0.1) is 6.92 Å². The van der Waals surface area contributed by atoms with Crippen LogP contribution in [-0.2, 0) is 13.0 Å². The molecule has 0 bridgehead atoms. The smallest absolute Gasteiger partial charge is 0.263 e. The Hall–Kier alpha value is -1.83. The fraction of sp³-hybridized carbons (Fsp3) is 0.500. The molecule has 0 aliphatic carbocycles. The van der Waals surface area contributed by atoms with Gasteiger partial charge in [0, 0.05) is 6.54 Å². The van der Waals surface area contributed by atoms with Crippen LogP contribution in [0.1, 0.15) is 27.3 Å². The average Bonchev–Trinajstić information content (AvgIpc) is 2.98. The van der Waals surface area contributed by atoms with Crippen molar-refractivity contribution in [2.75, 3.05) is 6.54 Å². The number of hydrogen-bond acceptors (Lipinski definition) is 6. The second-order valence-electron chi connectivity index (χ2n) is 3.69. The largest absolute Gasteiger partial charge is 0.349 e. The van der Waals surface area contributed by atoms with Gasteiger partial charge in [-0.3, -0.25) is 4.79 Å². The van der Waals surface area contributed by atoms with Crippen LogP contribution in [0.5, 0.6) is 0 Å². The number of amides is 1. The SMILES string of the molecule is CCc1nc(C)sc1C(=O)NCCn1cnnn1. The summed E-state index contributed by atoms with van der Waals surface area (Å²) in [6.07, 6.45) is 2.28. The van der Waals surface area contributed by atoms with E-state index in [-0.39, 0.29) is 5.91 Å². The summed E-state index contributed by atoms with van der Waals surface area (Å²) in [6.45, 7) is 4.94. The molecule has 0 aromatic carbocycles. The van der Waals surface area contributed by atoms with Crippen LogP contribution in [0.2, 0.25) is 0 Å². The van der Waals surface area contributed by atoms with Gasteiger partial charge in [-0.1, -0.05) is 6.92 Å². The van der Waals surface area contributed by atoms with E-state index in [2.05, 4.69) is 25.8 Å². The molecule has 1 amide bonds. The maximum Gasteiger partial charge on any atom is 0.263 e. The van der Waals surface area contributed by atoms with E-state index in [0.29, 0.717) is 18.0 Å². The van der Waals surface area contributed by atoms with Gasteiger partial charge in [0.1, 0.15) is 11.2 Å². The summed E-state index contributed by atoms with van der Waals surface area (Å²) in [7, 11) is 0. The molecule has 2 rings (SSSR count). The Morgan fingerprint density at radius 3 is 3.06 bits per heavy atom. The maximum absolute atomic E-state index is 12.0. The van der Waals surface area contributed by atoms with Crippen molar-refractivity contribution in [3.05, 3.63) is 21.9 Å². The van der Waals surface area contributed by atoms with Gasteiger partial charge in [-0.15, -0.1) is 16.4 Å². The van der Waals surface area contributed by atoms with Crippen LogP contribution in [0.25, 0.3) is 0 Å². The lowest BCUT2D eigenvalue weighted by molar-refractivity contribution is 0.0955. The van der Waals surface area contributed by atoms with Crippen LogP contribution in [0.4, 0.5) is 0 Å². The first-order chi connectivity index (χ1) is 8.70. The van der Waals surface area contributed by atoms with E-state index in [9.17, 15) is 4.79 Å². The van der Waals surface area contributed by atoms with Gasteiger partial charge < -0.3 is 5.32 Å². The molecule has 8 heteroatoms. The molecule has 0 spiro atoms. The zero-order valence-electron chi connectivity index (χ0n) is 10.3. The average molecular weight is 266 g/mol. The molecule has 0 radical (unpaired) electrons.